The van der Waals surface area contributed by atoms with Crippen LogP contribution in [0.15, 0.2) is 0 Å². The van der Waals surface area contributed by atoms with Crippen LogP contribution in [0.4, 0.5) is 0 Å². The third-order valence-corrected chi connectivity index (χ3v) is 0. The molecule has 0 amide bonds. The molecule has 0 unspecified atom stereocenters. The molecule has 28 valence electrons. The summed E-state index contributed by atoms with van der Waals surface area (Å²) in [6, 6.07) is 0. The fourth-order valence-electron chi connectivity index (χ4n) is 0. The van der Waals surface area contributed by atoms with Crippen molar-refractivity contribution >= 4 is 0 Å². The minimum absolute atomic E-state index is 0. The molecule has 0 saturated heterocycles. The Hall–Kier alpha value is 1.13. The van der Waals surface area contributed by atoms with Crippen LogP contribution in [0.25, 0.3) is 0 Å². The van der Waals surface area contributed by atoms with E-state index in [2.05, 4.69) is 0 Å². The fraction of sp³-hybridized carbons (Fsp3) is 0. The van der Waals surface area contributed by atoms with E-state index in [0.717, 1.165) is 0 Å². The van der Waals surface area contributed by atoms with E-state index in [4.69, 9.17) is 8.50 Å². The first-order valence-corrected chi connectivity index (χ1v) is 1.17. The summed E-state index contributed by atoms with van der Waals surface area (Å²) in [5.74, 6) is 0. The second-order valence-corrected chi connectivity index (χ2v) is 0.261. The Kier molecular flexibility index (Phi) is 19.9. The van der Waals surface area contributed by atoms with Crippen LogP contribution in [0.2, 0.25) is 0 Å². The summed E-state index contributed by atoms with van der Waals surface area (Å²) >= 11 is -0.375. The van der Waals surface area contributed by atoms with Gasteiger partial charge in [-0.2, -0.15) is 0 Å². The Morgan fingerprint density at radius 1 is 1.25 bits per heavy atom. The summed E-state index contributed by atoms with van der Waals surface area (Å²) in [7, 11) is 0. The molecular formula is H2NiO2Ti. The number of rotatable bonds is 0. The van der Waals surface area contributed by atoms with Gasteiger partial charge in [-0.1, -0.05) is 0 Å². The van der Waals surface area contributed by atoms with Gasteiger partial charge in [-0.25, -0.2) is 0 Å². The van der Waals surface area contributed by atoms with Crippen LogP contribution >= 0.6 is 0 Å². The van der Waals surface area contributed by atoms with Crippen molar-refractivity contribution in [3.05, 3.63) is 0 Å². The average Bonchev–Trinajstić information content (AvgIpc) is 0.918. The number of hydrogen-bond acceptors (Lipinski definition) is 2. The van der Waals surface area contributed by atoms with Gasteiger partial charge in [-0.15, -0.1) is 0 Å². The van der Waals surface area contributed by atoms with Crippen molar-refractivity contribution in [2.75, 3.05) is 0 Å². The van der Waals surface area contributed by atoms with Crippen molar-refractivity contribution in [2.45, 2.75) is 0 Å². The predicted octanol–water partition coefficient (Wildman–Crippen LogP) is -1.12. The van der Waals surface area contributed by atoms with Crippen molar-refractivity contribution in [1.29, 1.82) is 0 Å². The molecule has 0 aliphatic heterocycles. The van der Waals surface area contributed by atoms with Gasteiger partial charge in [-0.3, -0.25) is 0 Å². The van der Waals surface area contributed by atoms with Gasteiger partial charge in [-0.05, 0) is 0 Å². The van der Waals surface area contributed by atoms with E-state index in [0.29, 0.717) is 0 Å². The quantitative estimate of drug-likeness (QED) is 0.419. The summed E-state index contributed by atoms with van der Waals surface area (Å²) in [6.45, 7) is 0. The topological polar surface area (TPSA) is 40.5 Å². The molecule has 0 rings (SSSR count). The van der Waals surface area contributed by atoms with Crippen LogP contribution < -0.4 is 0 Å². The van der Waals surface area contributed by atoms with Crippen molar-refractivity contribution < 1.29 is 45.3 Å². The van der Waals surface area contributed by atoms with Gasteiger partial charge in [0.25, 0.3) is 0 Å². The maximum absolute atomic E-state index is 7.06. The Bertz CT molecular complexity index is 6.00. The molecule has 0 radical (unpaired) electrons. The van der Waals surface area contributed by atoms with E-state index in [1.807, 2.05) is 0 Å². The summed E-state index contributed by atoms with van der Waals surface area (Å²) in [5, 5.41) is 0. The molecular weight excluding hydrogens is 139 g/mol. The second-order valence-electron chi connectivity index (χ2n) is 0.0632. The van der Waals surface area contributed by atoms with E-state index < -0.39 is 0 Å². The molecule has 0 atom stereocenters. The van der Waals surface area contributed by atoms with Gasteiger partial charge >= 0.3 is 23.6 Å². The van der Waals surface area contributed by atoms with E-state index in [1.54, 1.807) is 0 Å². The third kappa shape index (κ3) is 11.1. The van der Waals surface area contributed by atoms with Crippen molar-refractivity contribution in [3.63, 3.8) is 0 Å². The molecule has 0 saturated carbocycles. The molecule has 0 heterocycles. The Morgan fingerprint density at radius 3 is 1.25 bits per heavy atom. The smallest absolute Gasteiger partial charge is 0 e. The molecule has 0 aliphatic carbocycles. The molecule has 4 heteroatoms. The minimum atomic E-state index is -0.375. The van der Waals surface area contributed by atoms with Crippen LogP contribution in [0.5, 0.6) is 0 Å². The molecule has 0 aromatic heterocycles. The molecule has 0 aromatic carbocycles. The number of hydrogen-bond donors (Lipinski definition) is 2. The van der Waals surface area contributed by atoms with Gasteiger partial charge in [0.2, 0.25) is 0 Å². The molecule has 2 N–H and O–H groups in total. The summed E-state index contributed by atoms with van der Waals surface area (Å²) in [5.41, 5.74) is 0. The first-order valence-electron chi connectivity index (χ1n) is 0.283. The molecule has 0 fully saturated rings. The first-order chi connectivity index (χ1) is 1.41. The summed E-state index contributed by atoms with van der Waals surface area (Å²) < 4.78 is 14.1. The molecule has 4 heavy (non-hydrogen) atoms. The zero-order valence-electron chi connectivity index (χ0n) is 1.71. The monoisotopic (exact) mass is 140 g/mol. The molecule has 0 aromatic rings. The third-order valence-electron chi connectivity index (χ3n) is 0. The van der Waals surface area contributed by atoms with Gasteiger partial charge in [0.15, 0.2) is 0 Å². The van der Waals surface area contributed by atoms with E-state index >= 15 is 0 Å². The molecule has 0 bridgehead atoms. The average molecular weight is 141 g/mol. The Morgan fingerprint density at radius 2 is 1.25 bits per heavy atom. The van der Waals surface area contributed by atoms with Crippen molar-refractivity contribution in [3.8, 4) is 0 Å². The summed E-state index contributed by atoms with van der Waals surface area (Å²) in [6.07, 6.45) is 0. The maximum Gasteiger partial charge on any atom is 0 e. The van der Waals surface area contributed by atoms with Gasteiger partial charge in [0, 0.05) is 21.7 Å². The van der Waals surface area contributed by atoms with E-state index in [-0.39, 0.29) is 36.8 Å². The fourth-order valence-corrected chi connectivity index (χ4v) is 0. The first kappa shape index (κ1) is 8.93. The normalized spacial score (nSPS) is 5.50. The Labute approximate surface area is 45.5 Å². The molecule has 0 aliphatic rings. The molecule has 0 spiro atoms. The zero-order chi connectivity index (χ0) is 2.71. The predicted molar refractivity (Wildman–Crippen MR) is 4.44 cm³/mol. The largest absolute Gasteiger partial charge is 0 e. The van der Waals surface area contributed by atoms with E-state index in [1.165, 1.54) is 0 Å². The maximum atomic E-state index is 7.06. The van der Waals surface area contributed by atoms with Crippen LogP contribution in [-0.4, -0.2) is 8.50 Å². The van der Waals surface area contributed by atoms with Gasteiger partial charge in [0.1, 0.15) is 0 Å². The molecule has 2 nitrogen and oxygen atoms in total. The van der Waals surface area contributed by atoms with Crippen LogP contribution in [0, 0.1) is 0 Å². The SMILES string of the molecule is [OH][Ni][OH].[Ti]. The van der Waals surface area contributed by atoms with Gasteiger partial charge in [0.05, 0.1) is 0 Å². The Balaban J connectivity index is 0. The van der Waals surface area contributed by atoms with Crippen molar-refractivity contribution in [2.24, 2.45) is 0 Å². The standard InChI is InChI=1S/Ni.2H2O.Ti/h;2*1H2;/q+2;;;/p-2. The van der Waals surface area contributed by atoms with Crippen LogP contribution in [-0.2, 0) is 36.8 Å². The van der Waals surface area contributed by atoms with E-state index in [9.17, 15) is 0 Å². The van der Waals surface area contributed by atoms with Crippen LogP contribution in [0.1, 0.15) is 0 Å². The summed E-state index contributed by atoms with van der Waals surface area (Å²) in [4.78, 5) is 0. The second kappa shape index (κ2) is 8.92. The van der Waals surface area contributed by atoms with Crippen LogP contribution in [0.3, 0.4) is 0 Å². The van der Waals surface area contributed by atoms with Crippen molar-refractivity contribution in [1.82, 2.24) is 0 Å². The zero-order valence-corrected chi connectivity index (χ0v) is 4.26. The van der Waals surface area contributed by atoms with Gasteiger partial charge < -0.3 is 0 Å². The minimum Gasteiger partial charge on any atom is 0 e.